The van der Waals surface area contributed by atoms with Gasteiger partial charge in [0.15, 0.2) is 6.61 Å². The fraction of sp³-hybridized carbons (Fsp3) is 0.263. The third-order valence-corrected chi connectivity index (χ3v) is 3.87. The lowest BCUT2D eigenvalue weighted by Gasteiger charge is -2.13. The molecule has 2 aromatic rings. The molecule has 2 aromatic carbocycles. The van der Waals surface area contributed by atoms with Gasteiger partial charge in [0.05, 0.1) is 10.5 Å². The van der Waals surface area contributed by atoms with Crippen LogP contribution in [0.3, 0.4) is 0 Å². The highest BCUT2D eigenvalue weighted by Crippen LogP contribution is 2.27. The van der Waals surface area contributed by atoms with E-state index in [4.69, 9.17) is 4.74 Å². The van der Waals surface area contributed by atoms with Crippen molar-refractivity contribution in [3.05, 3.63) is 63.7 Å². The van der Waals surface area contributed by atoms with Crippen LogP contribution < -0.4 is 10.2 Å². The zero-order valence-electron chi connectivity index (χ0n) is 15.4. The maximum absolute atomic E-state index is 12.1. The van der Waals surface area contributed by atoms with Crippen LogP contribution in [0.5, 0.6) is 0 Å². The average molecular weight is 371 g/mol. The maximum Gasteiger partial charge on any atom is 0.338 e. The van der Waals surface area contributed by atoms with Gasteiger partial charge in [-0.2, -0.15) is 0 Å². The molecule has 0 fully saturated rings. The molecular formula is C19H21N3O5. The van der Waals surface area contributed by atoms with E-state index in [2.05, 4.69) is 5.32 Å². The zero-order valence-corrected chi connectivity index (χ0v) is 15.4. The molecule has 0 radical (unpaired) electrons. The monoisotopic (exact) mass is 371 g/mol. The first kappa shape index (κ1) is 19.9. The number of esters is 1. The Bertz CT molecular complexity index is 847. The molecule has 8 heteroatoms. The van der Waals surface area contributed by atoms with E-state index in [1.54, 1.807) is 31.1 Å². The third kappa shape index (κ3) is 5.27. The first-order valence-corrected chi connectivity index (χ1v) is 8.33. The number of nitro groups is 1. The molecule has 0 spiro atoms. The number of carbonyl (C=O) groups is 2. The summed E-state index contributed by atoms with van der Waals surface area (Å²) in [5.74, 6) is -1.30. The van der Waals surface area contributed by atoms with Gasteiger partial charge in [-0.05, 0) is 36.2 Å². The van der Waals surface area contributed by atoms with Crippen molar-refractivity contribution < 1.29 is 19.2 Å². The van der Waals surface area contributed by atoms with Gasteiger partial charge in [-0.3, -0.25) is 14.9 Å². The van der Waals surface area contributed by atoms with Crippen LogP contribution in [0.2, 0.25) is 0 Å². The van der Waals surface area contributed by atoms with Gasteiger partial charge in [0.1, 0.15) is 5.69 Å². The van der Waals surface area contributed by atoms with E-state index in [1.807, 2.05) is 19.1 Å². The standard InChI is InChI=1S/C19H21N3O5/c1-4-13-5-8-15(9-6-13)20-18(23)12-27-19(24)14-7-10-16(21(2)3)17(11-14)22(25)26/h5-11H,4,12H2,1-3H3,(H,20,23). The second-order valence-corrected chi connectivity index (χ2v) is 6.03. The molecule has 0 aliphatic carbocycles. The van der Waals surface area contributed by atoms with E-state index < -0.39 is 23.4 Å². The summed E-state index contributed by atoms with van der Waals surface area (Å²) < 4.78 is 4.95. The first-order valence-electron chi connectivity index (χ1n) is 8.33. The summed E-state index contributed by atoms with van der Waals surface area (Å²) in [6, 6.07) is 11.3. The molecule has 142 valence electrons. The van der Waals surface area contributed by atoms with Gasteiger partial charge in [-0.1, -0.05) is 19.1 Å². The SMILES string of the molecule is CCc1ccc(NC(=O)COC(=O)c2ccc(N(C)C)c([N+](=O)[O-])c2)cc1. The second-order valence-electron chi connectivity index (χ2n) is 6.03. The van der Waals surface area contributed by atoms with E-state index in [0.717, 1.165) is 18.1 Å². The number of carbonyl (C=O) groups excluding carboxylic acids is 2. The summed E-state index contributed by atoms with van der Waals surface area (Å²) in [5.41, 5.74) is 1.90. The van der Waals surface area contributed by atoms with Crippen LogP contribution in [0.25, 0.3) is 0 Å². The first-order chi connectivity index (χ1) is 12.8. The van der Waals surface area contributed by atoms with Gasteiger partial charge >= 0.3 is 5.97 Å². The molecule has 8 nitrogen and oxygen atoms in total. The Labute approximate surface area is 156 Å². The maximum atomic E-state index is 12.1. The number of nitrogens with zero attached hydrogens (tertiary/aromatic N) is 2. The van der Waals surface area contributed by atoms with Gasteiger partial charge in [0.2, 0.25) is 0 Å². The summed E-state index contributed by atoms with van der Waals surface area (Å²) in [6.07, 6.45) is 0.893. The van der Waals surface area contributed by atoms with Crippen molar-refractivity contribution in [3.63, 3.8) is 0 Å². The number of nitro benzene ring substituents is 1. The van der Waals surface area contributed by atoms with Gasteiger partial charge in [-0.15, -0.1) is 0 Å². The second kappa shape index (κ2) is 8.79. The quantitative estimate of drug-likeness (QED) is 0.456. The van der Waals surface area contributed by atoms with Crippen molar-refractivity contribution in [2.75, 3.05) is 30.9 Å². The summed E-state index contributed by atoms with van der Waals surface area (Å²) in [4.78, 5) is 36.2. The van der Waals surface area contributed by atoms with Gasteiger partial charge in [0.25, 0.3) is 11.6 Å². The predicted molar refractivity (Wildman–Crippen MR) is 102 cm³/mol. The van der Waals surface area contributed by atoms with Crippen molar-refractivity contribution in [2.24, 2.45) is 0 Å². The van der Waals surface area contributed by atoms with Crippen LogP contribution in [0.1, 0.15) is 22.8 Å². The minimum absolute atomic E-state index is 0.00685. The number of aryl methyl sites for hydroxylation is 1. The molecule has 0 heterocycles. The number of nitrogens with one attached hydrogen (secondary N) is 1. The van der Waals surface area contributed by atoms with Gasteiger partial charge in [0, 0.05) is 25.8 Å². The van der Waals surface area contributed by atoms with E-state index in [0.29, 0.717) is 11.4 Å². The lowest BCUT2D eigenvalue weighted by Crippen LogP contribution is -2.21. The number of amides is 1. The molecule has 0 saturated heterocycles. The van der Waals surface area contributed by atoms with Gasteiger partial charge in [-0.25, -0.2) is 4.79 Å². The predicted octanol–water partition coefficient (Wildman–Crippen LogP) is 3.02. The van der Waals surface area contributed by atoms with Crippen LogP contribution in [0, 0.1) is 10.1 Å². The Balaban J connectivity index is 1.99. The number of ether oxygens (including phenoxy) is 1. The molecule has 1 N–H and O–H groups in total. The lowest BCUT2D eigenvalue weighted by molar-refractivity contribution is -0.384. The van der Waals surface area contributed by atoms with E-state index >= 15 is 0 Å². The highest BCUT2D eigenvalue weighted by molar-refractivity contribution is 5.96. The fourth-order valence-corrected chi connectivity index (χ4v) is 2.41. The molecule has 0 aliphatic heterocycles. The van der Waals surface area contributed by atoms with Crippen molar-refractivity contribution in [1.82, 2.24) is 0 Å². The van der Waals surface area contributed by atoms with Crippen LogP contribution >= 0.6 is 0 Å². The Kier molecular flexibility index (Phi) is 6.48. The third-order valence-electron chi connectivity index (χ3n) is 3.87. The average Bonchev–Trinajstić information content (AvgIpc) is 2.66. The van der Waals surface area contributed by atoms with Crippen molar-refractivity contribution >= 4 is 28.9 Å². The minimum Gasteiger partial charge on any atom is -0.452 e. The highest BCUT2D eigenvalue weighted by atomic mass is 16.6. The van der Waals surface area contributed by atoms with Crippen molar-refractivity contribution in [2.45, 2.75) is 13.3 Å². The van der Waals surface area contributed by atoms with E-state index in [1.165, 1.54) is 12.1 Å². The number of benzene rings is 2. The fourth-order valence-electron chi connectivity index (χ4n) is 2.41. The Morgan fingerprint density at radius 3 is 2.37 bits per heavy atom. The molecule has 27 heavy (non-hydrogen) atoms. The largest absolute Gasteiger partial charge is 0.452 e. The Morgan fingerprint density at radius 1 is 1.15 bits per heavy atom. The summed E-state index contributed by atoms with van der Waals surface area (Å²) in [6.45, 7) is 1.54. The van der Waals surface area contributed by atoms with Crippen LogP contribution in [-0.2, 0) is 16.0 Å². The molecule has 0 aliphatic rings. The van der Waals surface area contributed by atoms with Crippen molar-refractivity contribution in [3.8, 4) is 0 Å². The molecule has 0 unspecified atom stereocenters. The normalized spacial score (nSPS) is 10.2. The van der Waals surface area contributed by atoms with E-state index in [-0.39, 0.29) is 11.3 Å². The number of hydrogen-bond acceptors (Lipinski definition) is 6. The van der Waals surface area contributed by atoms with Crippen molar-refractivity contribution in [1.29, 1.82) is 0 Å². The molecule has 0 aromatic heterocycles. The molecule has 2 rings (SSSR count). The Morgan fingerprint density at radius 2 is 1.81 bits per heavy atom. The van der Waals surface area contributed by atoms with Crippen LogP contribution in [-0.4, -0.2) is 37.5 Å². The number of hydrogen-bond donors (Lipinski definition) is 1. The minimum atomic E-state index is -0.806. The Hall–Kier alpha value is -3.42. The summed E-state index contributed by atoms with van der Waals surface area (Å²) in [5, 5.41) is 13.8. The number of anilines is 2. The lowest BCUT2D eigenvalue weighted by atomic mass is 10.1. The molecular weight excluding hydrogens is 350 g/mol. The van der Waals surface area contributed by atoms with Crippen LogP contribution in [0.15, 0.2) is 42.5 Å². The zero-order chi connectivity index (χ0) is 20.0. The van der Waals surface area contributed by atoms with E-state index in [9.17, 15) is 19.7 Å². The summed E-state index contributed by atoms with van der Waals surface area (Å²) in [7, 11) is 3.33. The molecule has 0 bridgehead atoms. The van der Waals surface area contributed by atoms with Crippen LogP contribution in [0.4, 0.5) is 17.1 Å². The molecule has 1 amide bonds. The smallest absolute Gasteiger partial charge is 0.338 e. The number of rotatable bonds is 7. The highest BCUT2D eigenvalue weighted by Gasteiger charge is 2.20. The van der Waals surface area contributed by atoms with Gasteiger partial charge < -0.3 is 15.0 Å². The summed E-state index contributed by atoms with van der Waals surface area (Å²) >= 11 is 0. The topological polar surface area (TPSA) is 102 Å². The molecule has 0 atom stereocenters. The molecule has 0 saturated carbocycles.